The molecule has 0 radical (unpaired) electrons. The first-order chi connectivity index (χ1) is 8.11. The molecule has 1 heterocycles. The van der Waals surface area contributed by atoms with Crippen LogP contribution in [-0.4, -0.2) is 52.1 Å². The van der Waals surface area contributed by atoms with Crippen LogP contribution in [0.3, 0.4) is 0 Å². The molecule has 1 atom stereocenters. The number of aliphatic hydroxyl groups excluding tert-OH is 1. The molecule has 5 heteroatoms. The first kappa shape index (κ1) is 15.1. The minimum absolute atomic E-state index is 0.328. The van der Waals surface area contributed by atoms with Crippen molar-refractivity contribution in [2.75, 3.05) is 27.3 Å². The third-order valence-electron chi connectivity index (χ3n) is 3.78. The minimum Gasteiger partial charge on any atom is -0.398 e. The van der Waals surface area contributed by atoms with Crippen molar-refractivity contribution in [2.45, 2.75) is 50.9 Å². The lowest BCUT2D eigenvalue weighted by atomic mass is 10.2. The fourth-order valence-corrected chi connectivity index (χ4v) is 3.61. The Balaban J connectivity index is 2.34. The zero-order valence-corrected chi connectivity index (χ0v) is 12.4. The van der Waals surface area contributed by atoms with Gasteiger partial charge in [0.05, 0.1) is 0 Å². The molecular weight excluding hydrogens is 234 g/mol. The average Bonchev–Trinajstić information content (AvgIpc) is 2.64. The Morgan fingerprint density at radius 1 is 1.12 bits per heavy atom. The van der Waals surface area contributed by atoms with Crippen LogP contribution in [0.25, 0.3) is 0 Å². The molecule has 1 saturated heterocycles. The van der Waals surface area contributed by atoms with E-state index in [-0.39, 0.29) is 6.23 Å². The highest BCUT2D eigenvalue weighted by atomic mass is 28.4. The van der Waals surface area contributed by atoms with Gasteiger partial charge < -0.3 is 14.0 Å². The summed E-state index contributed by atoms with van der Waals surface area (Å²) < 4.78 is 10.9. The Labute approximate surface area is 106 Å². The Morgan fingerprint density at radius 3 is 2.12 bits per heavy atom. The molecule has 1 N–H and O–H groups in total. The highest BCUT2D eigenvalue weighted by Crippen LogP contribution is 2.19. The van der Waals surface area contributed by atoms with E-state index in [1.807, 2.05) is 6.55 Å². The second-order valence-corrected chi connectivity index (χ2v) is 8.60. The van der Waals surface area contributed by atoms with Gasteiger partial charge in [-0.3, -0.25) is 4.90 Å². The number of likely N-dealkylation sites (tertiary alicyclic amines) is 1. The molecule has 0 aromatic carbocycles. The van der Waals surface area contributed by atoms with Crippen LogP contribution >= 0.6 is 0 Å². The van der Waals surface area contributed by atoms with E-state index in [0.717, 1.165) is 25.6 Å². The molecule has 17 heavy (non-hydrogen) atoms. The molecule has 1 unspecified atom stereocenters. The number of aliphatic hydroxyl groups is 1. The molecule has 0 aromatic heterocycles. The van der Waals surface area contributed by atoms with Gasteiger partial charge in [0.2, 0.25) is 0 Å². The van der Waals surface area contributed by atoms with Crippen LogP contribution in [0.5, 0.6) is 0 Å². The molecule has 4 nitrogen and oxygen atoms in total. The first-order valence-electron chi connectivity index (χ1n) is 6.64. The molecule has 1 aliphatic rings. The van der Waals surface area contributed by atoms with E-state index < -0.39 is 8.56 Å². The number of hydrogen-bond donors (Lipinski definition) is 1. The van der Waals surface area contributed by atoms with Crippen LogP contribution in [-0.2, 0) is 8.85 Å². The number of rotatable bonds is 6. The normalized spacial score (nSPS) is 21.2. The SMILES string of the molecule is CO[Si](C)(CCC(O)N1CCCCCC1)OC. The molecular formula is C12H27NO3Si. The van der Waals surface area contributed by atoms with E-state index in [4.69, 9.17) is 8.85 Å². The second kappa shape index (κ2) is 7.48. The Kier molecular flexibility index (Phi) is 6.65. The van der Waals surface area contributed by atoms with Gasteiger partial charge >= 0.3 is 8.56 Å². The highest BCUT2D eigenvalue weighted by Gasteiger charge is 2.30. The summed E-state index contributed by atoms with van der Waals surface area (Å²) in [7, 11) is 1.38. The first-order valence-corrected chi connectivity index (χ1v) is 9.16. The van der Waals surface area contributed by atoms with Gasteiger partial charge in [0, 0.05) is 27.3 Å². The van der Waals surface area contributed by atoms with Gasteiger partial charge in [-0.05, 0) is 31.9 Å². The molecule has 0 bridgehead atoms. The fourth-order valence-electron chi connectivity index (χ4n) is 2.25. The van der Waals surface area contributed by atoms with E-state index in [9.17, 15) is 5.11 Å². The van der Waals surface area contributed by atoms with Crippen molar-refractivity contribution in [3.8, 4) is 0 Å². The predicted octanol–water partition coefficient (Wildman–Crippen LogP) is 1.94. The molecule has 1 fully saturated rings. The van der Waals surface area contributed by atoms with Gasteiger partial charge in [0.15, 0.2) is 0 Å². The van der Waals surface area contributed by atoms with Gasteiger partial charge in [0.1, 0.15) is 6.23 Å². The van der Waals surface area contributed by atoms with E-state index in [2.05, 4.69) is 4.90 Å². The summed E-state index contributed by atoms with van der Waals surface area (Å²) in [4.78, 5) is 2.20. The third kappa shape index (κ3) is 5.05. The maximum absolute atomic E-state index is 10.2. The van der Waals surface area contributed by atoms with Crippen molar-refractivity contribution in [1.82, 2.24) is 4.90 Å². The van der Waals surface area contributed by atoms with Crippen molar-refractivity contribution in [1.29, 1.82) is 0 Å². The van der Waals surface area contributed by atoms with Crippen molar-refractivity contribution < 1.29 is 14.0 Å². The molecule has 1 aliphatic heterocycles. The Hall–Kier alpha value is 0.0569. The van der Waals surface area contributed by atoms with E-state index in [1.54, 1.807) is 14.2 Å². The molecule has 102 valence electrons. The van der Waals surface area contributed by atoms with E-state index in [0.29, 0.717) is 0 Å². The van der Waals surface area contributed by atoms with Crippen LogP contribution in [0.4, 0.5) is 0 Å². The summed E-state index contributed by atoms with van der Waals surface area (Å²) in [6.07, 6.45) is 5.44. The maximum Gasteiger partial charge on any atom is 0.334 e. The minimum atomic E-state index is -2.02. The standard InChI is InChI=1S/C12H27NO3Si/c1-15-17(3,16-2)11-8-12(14)13-9-6-4-5-7-10-13/h12,14H,4-11H2,1-3H3. The summed E-state index contributed by atoms with van der Waals surface area (Å²) >= 11 is 0. The smallest absolute Gasteiger partial charge is 0.334 e. The quantitative estimate of drug-likeness (QED) is 0.742. The number of nitrogens with zero attached hydrogens (tertiary/aromatic N) is 1. The zero-order valence-electron chi connectivity index (χ0n) is 11.4. The lowest BCUT2D eigenvalue weighted by Gasteiger charge is -2.29. The average molecular weight is 261 g/mol. The van der Waals surface area contributed by atoms with Crippen LogP contribution in [0.1, 0.15) is 32.1 Å². The van der Waals surface area contributed by atoms with Crippen LogP contribution in [0.2, 0.25) is 12.6 Å². The molecule has 0 aromatic rings. The second-order valence-electron chi connectivity index (χ2n) is 5.01. The molecule has 0 aliphatic carbocycles. The third-order valence-corrected chi connectivity index (χ3v) is 6.71. The lowest BCUT2D eigenvalue weighted by molar-refractivity contribution is 0.00177. The topological polar surface area (TPSA) is 41.9 Å². The van der Waals surface area contributed by atoms with Crippen molar-refractivity contribution in [3.05, 3.63) is 0 Å². The van der Waals surface area contributed by atoms with Crippen LogP contribution in [0, 0.1) is 0 Å². The van der Waals surface area contributed by atoms with Crippen molar-refractivity contribution in [3.63, 3.8) is 0 Å². The Bertz CT molecular complexity index is 204. The molecule has 0 saturated carbocycles. The van der Waals surface area contributed by atoms with E-state index >= 15 is 0 Å². The highest BCUT2D eigenvalue weighted by molar-refractivity contribution is 6.65. The van der Waals surface area contributed by atoms with Gasteiger partial charge in [-0.25, -0.2) is 0 Å². The molecule has 0 amide bonds. The predicted molar refractivity (Wildman–Crippen MR) is 71.1 cm³/mol. The summed E-state index contributed by atoms with van der Waals surface area (Å²) in [5.74, 6) is 0. The van der Waals surface area contributed by atoms with Gasteiger partial charge in [-0.2, -0.15) is 0 Å². The summed E-state index contributed by atoms with van der Waals surface area (Å²) in [5, 5.41) is 10.2. The van der Waals surface area contributed by atoms with Crippen LogP contribution in [0.15, 0.2) is 0 Å². The maximum atomic E-state index is 10.2. The largest absolute Gasteiger partial charge is 0.398 e. The van der Waals surface area contributed by atoms with Crippen molar-refractivity contribution in [2.24, 2.45) is 0 Å². The summed E-state index contributed by atoms with van der Waals surface area (Å²) in [6.45, 7) is 4.10. The lowest BCUT2D eigenvalue weighted by Crippen LogP contribution is -2.41. The summed E-state index contributed by atoms with van der Waals surface area (Å²) in [6, 6.07) is 0.845. The molecule has 0 spiro atoms. The summed E-state index contributed by atoms with van der Waals surface area (Å²) in [5.41, 5.74) is 0. The number of hydrogen-bond acceptors (Lipinski definition) is 4. The van der Waals surface area contributed by atoms with Crippen LogP contribution < -0.4 is 0 Å². The molecule has 1 rings (SSSR count). The van der Waals surface area contributed by atoms with Gasteiger partial charge in [-0.1, -0.05) is 12.8 Å². The fraction of sp³-hybridized carbons (Fsp3) is 1.00. The van der Waals surface area contributed by atoms with E-state index in [1.165, 1.54) is 25.7 Å². The Morgan fingerprint density at radius 2 is 1.65 bits per heavy atom. The van der Waals surface area contributed by atoms with Crippen molar-refractivity contribution >= 4 is 8.56 Å². The zero-order chi connectivity index (χ0) is 12.7. The monoisotopic (exact) mass is 261 g/mol. The van der Waals surface area contributed by atoms with Gasteiger partial charge in [0.25, 0.3) is 0 Å². The van der Waals surface area contributed by atoms with Gasteiger partial charge in [-0.15, -0.1) is 0 Å².